The van der Waals surface area contributed by atoms with E-state index in [-0.39, 0.29) is 6.10 Å². The molecule has 1 fully saturated rings. The molecular weight excluding hydrogens is 200 g/mol. The predicted molar refractivity (Wildman–Crippen MR) is 68.2 cm³/mol. The molecule has 0 aromatic heterocycles. The van der Waals surface area contributed by atoms with Crippen molar-refractivity contribution < 1.29 is 5.11 Å². The van der Waals surface area contributed by atoms with Gasteiger partial charge in [0.05, 0.1) is 6.10 Å². The van der Waals surface area contributed by atoms with Gasteiger partial charge >= 0.3 is 0 Å². The molecule has 3 N–H and O–H groups in total. The highest BCUT2D eigenvalue weighted by Crippen LogP contribution is 2.33. The van der Waals surface area contributed by atoms with Gasteiger partial charge in [-0.05, 0) is 44.6 Å². The van der Waals surface area contributed by atoms with E-state index in [0.29, 0.717) is 17.9 Å². The van der Waals surface area contributed by atoms with E-state index in [1.165, 1.54) is 6.42 Å². The first kappa shape index (κ1) is 13.9. The lowest BCUT2D eigenvalue weighted by atomic mass is 9.72. The summed E-state index contributed by atoms with van der Waals surface area (Å²) in [5.41, 5.74) is 6.25. The molecule has 5 unspecified atom stereocenters. The van der Waals surface area contributed by atoms with Crippen LogP contribution in [0.25, 0.3) is 0 Å². The first-order chi connectivity index (χ1) is 7.40. The molecule has 1 aliphatic rings. The minimum absolute atomic E-state index is 0.251. The van der Waals surface area contributed by atoms with Crippen LogP contribution in [-0.4, -0.2) is 42.3 Å². The van der Waals surface area contributed by atoms with Crippen LogP contribution in [0.4, 0.5) is 0 Å². The molecule has 16 heavy (non-hydrogen) atoms. The van der Waals surface area contributed by atoms with Crippen LogP contribution in [0.15, 0.2) is 0 Å². The quantitative estimate of drug-likeness (QED) is 0.763. The van der Waals surface area contributed by atoms with E-state index in [4.69, 9.17) is 5.73 Å². The van der Waals surface area contributed by atoms with Crippen molar-refractivity contribution in [3.05, 3.63) is 0 Å². The minimum Gasteiger partial charge on any atom is -0.392 e. The number of aliphatic hydroxyl groups excluding tert-OH is 1. The Bertz CT molecular complexity index is 196. The Hall–Kier alpha value is -0.120. The van der Waals surface area contributed by atoms with E-state index in [9.17, 15) is 5.11 Å². The van der Waals surface area contributed by atoms with Gasteiger partial charge in [-0.25, -0.2) is 0 Å². The molecule has 3 nitrogen and oxygen atoms in total. The molecular formula is C13H28N2O. The fourth-order valence-corrected chi connectivity index (χ4v) is 3.17. The lowest BCUT2D eigenvalue weighted by Gasteiger charge is -2.39. The highest BCUT2D eigenvalue weighted by molar-refractivity contribution is 4.87. The van der Waals surface area contributed by atoms with Crippen LogP contribution in [-0.2, 0) is 0 Å². The van der Waals surface area contributed by atoms with Crippen LogP contribution >= 0.6 is 0 Å². The number of aliphatic hydroxyl groups is 1. The van der Waals surface area contributed by atoms with Crippen LogP contribution in [0, 0.1) is 17.8 Å². The molecule has 0 amide bonds. The molecule has 0 radical (unpaired) electrons. The van der Waals surface area contributed by atoms with Crippen molar-refractivity contribution in [1.82, 2.24) is 4.90 Å². The van der Waals surface area contributed by atoms with Gasteiger partial charge < -0.3 is 15.7 Å². The summed E-state index contributed by atoms with van der Waals surface area (Å²) >= 11 is 0. The van der Waals surface area contributed by atoms with Crippen LogP contribution in [0.5, 0.6) is 0 Å². The summed E-state index contributed by atoms with van der Waals surface area (Å²) in [6.45, 7) is 8.21. The number of hydrogen-bond acceptors (Lipinski definition) is 3. The third kappa shape index (κ3) is 4.04. The summed E-state index contributed by atoms with van der Waals surface area (Å²) in [5, 5.41) is 9.35. The van der Waals surface area contributed by atoms with E-state index < -0.39 is 0 Å². The maximum atomic E-state index is 9.35. The smallest absolute Gasteiger partial charge is 0.0638 e. The zero-order chi connectivity index (χ0) is 12.3. The number of nitrogens with two attached hydrogens (primary N) is 1. The Balaban J connectivity index is 2.45. The average Bonchev–Trinajstić information content (AvgIpc) is 2.09. The molecule has 0 spiro atoms. The van der Waals surface area contributed by atoms with Crippen molar-refractivity contribution >= 4 is 0 Å². The van der Waals surface area contributed by atoms with Crippen molar-refractivity contribution in [3.8, 4) is 0 Å². The summed E-state index contributed by atoms with van der Waals surface area (Å²) < 4.78 is 0. The van der Waals surface area contributed by atoms with Crippen LogP contribution in [0.1, 0.15) is 33.6 Å². The maximum Gasteiger partial charge on any atom is 0.0638 e. The van der Waals surface area contributed by atoms with Gasteiger partial charge in [0.15, 0.2) is 0 Å². The van der Waals surface area contributed by atoms with Gasteiger partial charge in [-0.2, -0.15) is 0 Å². The lowest BCUT2D eigenvalue weighted by molar-refractivity contribution is 0.0943. The normalized spacial score (nSPS) is 37.7. The third-order valence-corrected chi connectivity index (χ3v) is 3.83. The molecule has 0 aliphatic heterocycles. The van der Waals surface area contributed by atoms with Crippen molar-refractivity contribution in [2.24, 2.45) is 23.5 Å². The van der Waals surface area contributed by atoms with Crippen molar-refractivity contribution in [1.29, 1.82) is 0 Å². The molecule has 1 saturated carbocycles. The average molecular weight is 228 g/mol. The maximum absolute atomic E-state index is 9.35. The van der Waals surface area contributed by atoms with E-state index in [1.807, 2.05) is 6.92 Å². The van der Waals surface area contributed by atoms with E-state index in [2.05, 4.69) is 25.8 Å². The molecule has 1 rings (SSSR count). The predicted octanol–water partition coefficient (Wildman–Crippen LogP) is 1.31. The fourth-order valence-electron chi connectivity index (χ4n) is 3.17. The molecule has 1 aliphatic carbocycles. The minimum atomic E-state index is -0.251. The van der Waals surface area contributed by atoms with Gasteiger partial charge in [0.25, 0.3) is 0 Å². The topological polar surface area (TPSA) is 49.5 Å². The number of nitrogens with zero attached hydrogens (tertiary/aromatic N) is 1. The van der Waals surface area contributed by atoms with Gasteiger partial charge in [0, 0.05) is 19.1 Å². The summed E-state index contributed by atoms with van der Waals surface area (Å²) in [4.78, 5) is 2.21. The third-order valence-electron chi connectivity index (χ3n) is 3.83. The zero-order valence-corrected chi connectivity index (χ0v) is 11.2. The Labute approximate surface area is 100 Å². The van der Waals surface area contributed by atoms with E-state index in [0.717, 1.165) is 25.4 Å². The standard InChI is InChI=1S/C13H28N2O/c1-9-5-10(2)12(13(14)6-9)8-15(4)7-11(3)16/h9-13,16H,5-8,14H2,1-4H3. The van der Waals surface area contributed by atoms with Gasteiger partial charge in [0.2, 0.25) is 0 Å². The van der Waals surface area contributed by atoms with E-state index in [1.54, 1.807) is 0 Å². The Morgan fingerprint density at radius 1 is 1.38 bits per heavy atom. The molecule has 0 saturated heterocycles. The molecule has 96 valence electrons. The first-order valence-electron chi connectivity index (χ1n) is 6.52. The van der Waals surface area contributed by atoms with Gasteiger partial charge in [-0.15, -0.1) is 0 Å². The number of hydrogen-bond donors (Lipinski definition) is 2. The van der Waals surface area contributed by atoms with Gasteiger partial charge in [0.1, 0.15) is 0 Å². The Morgan fingerprint density at radius 2 is 2.00 bits per heavy atom. The van der Waals surface area contributed by atoms with E-state index >= 15 is 0 Å². The summed E-state index contributed by atoms with van der Waals surface area (Å²) in [7, 11) is 2.07. The second-order valence-corrected chi connectivity index (χ2v) is 5.95. The van der Waals surface area contributed by atoms with Crippen LogP contribution in [0.2, 0.25) is 0 Å². The number of rotatable bonds is 4. The molecule has 0 aromatic rings. The molecule has 3 heteroatoms. The molecule has 0 aromatic carbocycles. The monoisotopic (exact) mass is 228 g/mol. The van der Waals surface area contributed by atoms with Crippen molar-refractivity contribution in [2.75, 3.05) is 20.1 Å². The van der Waals surface area contributed by atoms with Gasteiger partial charge in [-0.1, -0.05) is 13.8 Å². The summed E-state index contributed by atoms with van der Waals surface area (Å²) in [5.74, 6) is 2.05. The first-order valence-corrected chi connectivity index (χ1v) is 6.52. The van der Waals surface area contributed by atoms with Gasteiger partial charge in [-0.3, -0.25) is 0 Å². The molecule has 0 bridgehead atoms. The second-order valence-electron chi connectivity index (χ2n) is 5.95. The van der Waals surface area contributed by atoms with Crippen molar-refractivity contribution in [3.63, 3.8) is 0 Å². The van der Waals surface area contributed by atoms with Crippen molar-refractivity contribution in [2.45, 2.75) is 45.8 Å². The largest absolute Gasteiger partial charge is 0.392 e. The summed E-state index contributed by atoms with van der Waals surface area (Å²) in [6.07, 6.45) is 2.19. The van der Waals surface area contributed by atoms with Crippen LogP contribution < -0.4 is 5.73 Å². The fraction of sp³-hybridized carbons (Fsp3) is 1.00. The van der Waals surface area contributed by atoms with Crippen LogP contribution in [0.3, 0.4) is 0 Å². The highest BCUT2D eigenvalue weighted by atomic mass is 16.3. The lowest BCUT2D eigenvalue weighted by Crippen LogP contribution is -2.46. The zero-order valence-electron chi connectivity index (χ0n) is 11.2. The SMILES string of the molecule is CC(O)CN(C)CC1C(C)CC(C)CC1N. The molecule has 0 heterocycles. The highest BCUT2D eigenvalue weighted by Gasteiger charge is 2.32. The second kappa shape index (κ2) is 5.99. The summed E-state index contributed by atoms with van der Waals surface area (Å²) in [6, 6.07) is 0.329. The number of likely N-dealkylation sites (N-methyl/N-ethyl adjacent to an activating group) is 1. The Morgan fingerprint density at radius 3 is 2.50 bits per heavy atom. The Kier molecular flexibility index (Phi) is 5.22. The molecule has 5 atom stereocenters.